The van der Waals surface area contributed by atoms with Crippen molar-refractivity contribution in [2.45, 2.75) is 59.4 Å². The number of aryl methyl sites for hydroxylation is 1. The van der Waals surface area contributed by atoms with Gasteiger partial charge in [-0.05, 0) is 72.7 Å². The molecule has 0 aromatic heterocycles. The number of aliphatic hydroxyl groups is 1. The summed E-state index contributed by atoms with van der Waals surface area (Å²) in [5.74, 6) is -0.335. The Balaban J connectivity index is 1.88. The first-order chi connectivity index (χ1) is 18.6. The van der Waals surface area contributed by atoms with Crippen LogP contribution in [0.25, 0.3) is 5.76 Å². The lowest BCUT2D eigenvalue weighted by atomic mass is 9.85. The Kier molecular flexibility index (Phi) is 8.14. The monoisotopic (exact) mass is 527 g/mol. The van der Waals surface area contributed by atoms with Crippen molar-refractivity contribution in [3.8, 4) is 11.5 Å². The van der Waals surface area contributed by atoms with E-state index >= 15 is 0 Å². The van der Waals surface area contributed by atoms with Crippen LogP contribution in [0.5, 0.6) is 11.5 Å². The third-order valence-electron chi connectivity index (χ3n) is 6.85. The highest BCUT2D eigenvalue weighted by molar-refractivity contribution is 6.51. The summed E-state index contributed by atoms with van der Waals surface area (Å²) in [6.45, 7) is 13.3. The number of benzene rings is 3. The minimum absolute atomic E-state index is 0.0481. The number of carbonyl (C=O) groups excluding carboxylic acids is 2. The second-order valence-electron chi connectivity index (χ2n) is 10.8. The van der Waals surface area contributed by atoms with E-state index in [0.29, 0.717) is 30.2 Å². The number of ketones is 1. The summed E-state index contributed by atoms with van der Waals surface area (Å²) < 4.78 is 11.4. The molecule has 1 amide bonds. The summed E-state index contributed by atoms with van der Waals surface area (Å²) in [6, 6.07) is 19.5. The zero-order chi connectivity index (χ0) is 28.3. The molecule has 3 aromatic rings. The average Bonchev–Trinajstić information content (AvgIpc) is 3.17. The molecule has 1 unspecified atom stereocenters. The number of nitrogens with zero attached hydrogens (tertiary/aromatic N) is 1. The molecule has 6 heteroatoms. The second-order valence-corrected chi connectivity index (χ2v) is 10.8. The van der Waals surface area contributed by atoms with Gasteiger partial charge in [0.1, 0.15) is 17.3 Å². The fourth-order valence-electron chi connectivity index (χ4n) is 4.80. The minimum atomic E-state index is -0.813. The van der Waals surface area contributed by atoms with Crippen molar-refractivity contribution in [3.05, 3.63) is 94.6 Å². The van der Waals surface area contributed by atoms with Crippen LogP contribution in [-0.4, -0.2) is 30.0 Å². The zero-order valence-corrected chi connectivity index (χ0v) is 23.6. The standard InChI is InChI=1S/C33H37NO5/c1-7-18-39-27-17-14-23(19-21(27)3)30(35)28-29(22-12-15-24(16-13-22)33(4,5)6)34(32(37)31(28)36)25-10-9-11-26(20-25)38-8-2/h9-17,19-20,29,35H,7-8,18H2,1-6H3/b30-28+. The molecule has 6 nitrogen and oxygen atoms in total. The molecule has 1 heterocycles. The van der Waals surface area contributed by atoms with E-state index in [1.807, 2.05) is 51.1 Å². The Morgan fingerprint density at radius 2 is 1.67 bits per heavy atom. The maximum atomic E-state index is 13.6. The van der Waals surface area contributed by atoms with Gasteiger partial charge in [-0.2, -0.15) is 0 Å². The van der Waals surface area contributed by atoms with E-state index in [-0.39, 0.29) is 16.7 Å². The van der Waals surface area contributed by atoms with Gasteiger partial charge in [-0.25, -0.2) is 0 Å². The van der Waals surface area contributed by atoms with Crippen LogP contribution < -0.4 is 14.4 Å². The average molecular weight is 528 g/mol. The van der Waals surface area contributed by atoms with Crippen LogP contribution in [0.4, 0.5) is 5.69 Å². The smallest absolute Gasteiger partial charge is 0.300 e. The summed E-state index contributed by atoms with van der Waals surface area (Å²) >= 11 is 0. The molecule has 0 spiro atoms. The molecule has 1 saturated heterocycles. The predicted molar refractivity (Wildman–Crippen MR) is 155 cm³/mol. The van der Waals surface area contributed by atoms with E-state index < -0.39 is 17.7 Å². The van der Waals surface area contributed by atoms with Crippen molar-refractivity contribution >= 4 is 23.1 Å². The van der Waals surface area contributed by atoms with Crippen molar-refractivity contribution in [1.82, 2.24) is 0 Å². The molecule has 1 atom stereocenters. The van der Waals surface area contributed by atoms with Crippen LogP contribution in [0, 0.1) is 6.92 Å². The van der Waals surface area contributed by atoms with Gasteiger partial charge >= 0.3 is 0 Å². The predicted octanol–water partition coefficient (Wildman–Crippen LogP) is 7.11. The molecular formula is C33H37NO5. The van der Waals surface area contributed by atoms with Gasteiger partial charge in [0.25, 0.3) is 11.7 Å². The van der Waals surface area contributed by atoms with Gasteiger partial charge in [-0.3, -0.25) is 14.5 Å². The molecule has 1 N–H and O–H groups in total. The van der Waals surface area contributed by atoms with Gasteiger partial charge in [0.2, 0.25) is 0 Å². The molecule has 0 radical (unpaired) electrons. The molecule has 0 bridgehead atoms. The highest BCUT2D eigenvalue weighted by atomic mass is 16.5. The number of amides is 1. The van der Waals surface area contributed by atoms with Crippen molar-refractivity contribution in [1.29, 1.82) is 0 Å². The van der Waals surface area contributed by atoms with E-state index in [0.717, 1.165) is 28.9 Å². The Morgan fingerprint density at radius 3 is 2.28 bits per heavy atom. The number of rotatable bonds is 8. The molecular weight excluding hydrogens is 490 g/mol. The van der Waals surface area contributed by atoms with Crippen LogP contribution in [0.3, 0.4) is 0 Å². The quantitative estimate of drug-likeness (QED) is 0.192. The number of ether oxygens (including phenoxy) is 2. The van der Waals surface area contributed by atoms with E-state index in [1.165, 1.54) is 4.90 Å². The van der Waals surface area contributed by atoms with Crippen LogP contribution in [0.1, 0.15) is 69.3 Å². The van der Waals surface area contributed by atoms with Gasteiger partial charge in [-0.1, -0.05) is 58.0 Å². The van der Waals surface area contributed by atoms with E-state index in [1.54, 1.807) is 36.4 Å². The van der Waals surface area contributed by atoms with Crippen molar-refractivity contribution in [3.63, 3.8) is 0 Å². The fraction of sp³-hybridized carbons (Fsp3) is 0.333. The number of hydrogen-bond donors (Lipinski definition) is 1. The van der Waals surface area contributed by atoms with E-state index in [2.05, 4.69) is 20.8 Å². The first-order valence-electron chi connectivity index (χ1n) is 13.4. The Hall–Kier alpha value is -4.06. The number of Topliss-reactive ketones (excluding diaryl/α,β-unsaturated/α-hetero) is 1. The lowest BCUT2D eigenvalue weighted by molar-refractivity contribution is -0.132. The molecule has 0 saturated carbocycles. The van der Waals surface area contributed by atoms with Gasteiger partial charge in [0.15, 0.2) is 0 Å². The van der Waals surface area contributed by atoms with E-state index in [4.69, 9.17) is 9.47 Å². The minimum Gasteiger partial charge on any atom is -0.507 e. The highest BCUT2D eigenvalue weighted by Crippen LogP contribution is 2.43. The lowest BCUT2D eigenvalue weighted by Gasteiger charge is -2.27. The second kappa shape index (κ2) is 11.4. The molecule has 4 rings (SSSR count). The number of aliphatic hydroxyl groups excluding tert-OH is 1. The SMILES string of the molecule is CCCOc1ccc(/C(O)=C2\C(=O)C(=O)N(c3cccc(OCC)c3)C2c2ccc(C(C)(C)C)cc2)cc1C. The molecule has 1 aliphatic heterocycles. The van der Waals surface area contributed by atoms with Crippen molar-refractivity contribution in [2.24, 2.45) is 0 Å². The Morgan fingerprint density at radius 1 is 0.949 bits per heavy atom. The summed E-state index contributed by atoms with van der Waals surface area (Å²) in [4.78, 5) is 28.5. The largest absolute Gasteiger partial charge is 0.507 e. The van der Waals surface area contributed by atoms with Gasteiger partial charge in [-0.15, -0.1) is 0 Å². The Bertz CT molecular complexity index is 1400. The lowest BCUT2D eigenvalue weighted by Crippen LogP contribution is -2.29. The van der Waals surface area contributed by atoms with Crippen molar-refractivity contribution in [2.75, 3.05) is 18.1 Å². The van der Waals surface area contributed by atoms with Gasteiger partial charge in [0, 0.05) is 17.3 Å². The van der Waals surface area contributed by atoms with Gasteiger partial charge in [0.05, 0.1) is 24.8 Å². The molecule has 204 valence electrons. The zero-order valence-electron chi connectivity index (χ0n) is 23.6. The fourth-order valence-corrected chi connectivity index (χ4v) is 4.80. The molecule has 3 aromatic carbocycles. The number of hydrogen-bond acceptors (Lipinski definition) is 5. The first-order valence-corrected chi connectivity index (χ1v) is 13.4. The molecule has 0 aliphatic carbocycles. The molecule has 1 fully saturated rings. The van der Waals surface area contributed by atoms with Crippen molar-refractivity contribution < 1.29 is 24.2 Å². The van der Waals surface area contributed by atoms with Crippen LogP contribution in [-0.2, 0) is 15.0 Å². The summed E-state index contributed by atoms with van der Waals surface area (Å²) in [7, 11) is 0. The van der Waals surface area contributed by atoms with Crippen LogP contribution in [0.15, 0.2) is 72.3 Å². The maximum Gasteiger partial charge on any atom is 0.300 e. The van der Waals surface area contributed by atoms with E-state index in [9.17, 15) is 14.7 Å². The molecule has 1 aliphatic rings. The summed E-state index contributed by atoms with van der Waals surface area (Å²) in [5, 5.41) is 11.5. The summed E-state index contributed by atoms with van der Waals surface area (Å²) in [6.07, 6.45) is 0.878. The number of carbonyl (C=O) groups is 2. The summed E-state index contributed by atoms with van der Waals surface area (Å²) in [5.41, 5.74) is 3.64. The van der Waals surface area contributed by atoms with Crippen LogP contribution in [0.2, 0.25) is 0 Å². The third kappa shape index (κ3) is 5.70. The normalized spacial score (nSPS) is 17.0. The number of anilines is 1. The maximum absolute atomic E-state index is 13.6. The van der Waals surface area contributed by atoms with Gasteiger partial charge < -0.3 is 14.6 Å². The molecule has 39 heavy (non-hydrogen) atoms. The Labute approximate surface area is 230 Å². The highest BCUT2D eigenvalue weighted by Gasteiger charge is 2.47. The van der Waals surface area contributed by atoms with Crippen LogP contribution >= 0.6 is 0 Å². The first kappa shape index (κ1) is 28.0. The third-order valence-corrected chi connectivity index (χ3v) is 6.85. The topological polar surface area (TPSA) is 76.1 Å².